The van der Waals surface area contributed by atoms with E-state index in [0.29, 0.717) is 12.1 Å². The molecule has 0 amide bonds. The Morgan fingerprint density at radius 1 is 1.26 bits per heavy atom. The second-order valence-corrected chi connectivity index (χ2v) is 7.12. The lowest BCUT2D eigenvalue weighted by molar-refractivity contribution is 0.189. The second-order valence-electron chi connectivity index (χ2n) is 7.12. The number of aromatic nitrogens is 3. The van der Waals surface area contributed by atoms with Gasteiger partial charge in [-0.25, -0.2) is 0 Å². The lowest BCUT2D eigenvalue weighted by atomic mass is 10.0. The summed E-state index contributed by atoms with van der Waals surface area (Å²) in [4.78, 5) is 11.6. The molecule has 4 N–H and O–H groups in total. The first-order valence-corrected chi connectivity index (χ1v) is 9.91. The van der Waals surface area contributed by atoms with Crippen LogP contribution in [0.3, 0.4) is 0 Å². The van der Waals surface area contributed by atoms with Gasteiger partial charge in [-0.1, -0.05) is 36.4 Å². The zero-order valence-electron chi connectivity index (χ0n) is 17.2. The van der Waals surface area contributed by atoms with E-state index in [9.17, 15) is 5.11 Å². The van der Waals surface area contributed by atoms with Crippen molar-refractivity contribution in [3.05, 3.63) is 95.6 Å². The first-order chi connectivity index (χ1) is 15.2. The van der Waals surface area contributed by atoms with Crippen molar-refractivity contribution in [1.82, 2.24) is 14.8 Å². The molecule has 7 heteroatoms. The summed E-state index contributed by atoms with van der Waals surface area (Å²) < 4.78 is 1.79. The zero-order chi connectivity index (χ0) is 21.6. The maximum absolute atomic E-state index is 10.5. The van der Waals surface area contributed by atoms with Crippen molar-refractivity contribution in [2.45, 2.75) is 12.8 Å². The molecule has 7 nitrogen and oxygen atoms in total. The third kappa shape index (κ3) is 4.62. The van der Waals surface area contributed by atoms with Crippen molar-refractivity contribution in [2.75, 3.05) is 7.05 Å². The van der Waals surface area contributed by atoms with E-state index in [4.69, 9.17) is 5.73 Å². The van der Waals surface area contributed by atoms with Gasteiger partial charge in [0.1, 0.15) is 0 Å². The van der Waals surface area contributed by atoms with E-state index >= 15 is 0 Å². The van der Waals surface area contributed by atoms with Gasteiger partial charge in [-0.15, -0.1) is 0 Å². The third-order valence-corrected chi connectivity index (χ3v) is 4.99. The summed E-state index contributed by atoms with van der Waals surface area (Å²) in [6.45, 7) is 0.639. The molecule has 0 saturated carbocycles. The van der Waals surface area contributed by atoms with E-state index in [-0.39, 0.29) is 0 Å². The van der Waals surface area contributed by atoms with Crippen LogP contribution in [0, 0.1) is 0 Å². The Morgan fingerprint density at radius 2 is 2.10 bits per heavy atom. The van der Waals surface area contributed by atoms with Crippen molar-refractivity contribution in [3.63, 3.8) is 0 Å². The van der Waals surface area contributed by atoms with Gasteiger partial charge in [0.15, 0.2) is 6.23 Å². The number of aliphatic hydroxyl groups is 1. The highest BCUT2D eigenvalue weighted by molar-refractivity contribution is 6.11. The number of benzene rings is 2. The van der Waals surface area contributed by atoms with Crippen LogP contribution in [0.5, 0.6) is 0 Å². The van der Waals surface area contributed by atoms with Gasteiger partial charge in [0.25, 0.3) is 0 Å². The summed E-state index contributed by atoms with van der Waals surface area (Å²) in [5, 5.41) is 15.8. The van der Waals surface area contributed by atoms with Gasteiger partial charge in [0.2, 0.25) is 0 Å². The fourth-order valence-corrected chi connectivity index (χ4v) is 3.39. The van der Waals surface area contributed by atoms with Crippen LogP contribution in [-0.2, 0) is 6.54 Å². The summed E-state index contributed by atoms with van der Waals surface area (Å²) in [6, 6.07) is 16.0. The topological polar surface area (TPSA) is 105 Å². The molecule has 2 aromatic carbocycles. The molecule has 0 saturated heterocycles. The second kappa shape index (κ2) is 9.23. The van der Waals surface area contributed by atoms with Gasteiger partial charge in [-0.3, -0.25) is 14.7 Å². The van der Waals surface area contributed by atoms with Crippen molar-refractivity contribution >= 4 is 28.9 Å². The highest BCUT2D eigenvalue weighted by Crippen LogP contribution is 2.23. The van der Waals surface area contributed by atoms with Crippen LogP contribution in [0.4, 0.5) is 0 Å². The summed E-state index contributed by atoms with van der Waals surface area (Å²) in [5.41, 5.74) is 11.1. The van der Waals surface area contributed by atoms with Crippen LogP contribution in [0.25, 0.3) is 16.5 Å². The number of aliphatic hydroxyl groups excluding tert-OH is 1. The molecule has 31 heavy (non-hydrogen) atoms. The number of hydrogen-bond acceptors (Lipinski definition) is 5. The number of aliphatic imine (C=N–C) groups is 2. The summed E-state index contributed by atoms with van der Waals surface area (Å²) >= 11 is 0. The lowest BCUT2D eigenvalue weighted by Crippen LogP contribution is -1.99. The van der Waals surface area contributed by atoms with Gasteiger partial charge in [0.05, 0.1) is 12.7 Å². The minimum Gasteiger partial charge on any atom is -0.404 e. The first-order valence-electron chi connectivity index (χ1n) is 9.91. The number of nitrogens with zero attached hydrogens (tertiary/aromatic N) is 4. The molecule has 2 heterocycles. The molecular formula is C24H24N6O. The maximum Gasteiger partial charge on any atom is 0.174 e. The summed E-state index contributed by atoms with van der Waals surface area (Å²) in [7, 11) is 1.71. The van der Waals surface area contributed by atoms with Crippen LogP contribution in [0.1, 0.15) is 28.5 Å². The van der Waals surface area contributed by atoms with E-state index in [1.54, 1.807) is 30.4 Å². The molecule has 2 aromatic heterocycles. The predicted octanol–water partition coefficient (Wildman–Crippen LogP) is 3.52. The molecule has 1 unspecified atom stereocenters. The SMILES string of the molecule is CN=CC(=CN)c1ccc2[nH]cc(C=NC(O)c3cnn(Cc4ccccc4)c3)c2c1. The number of allylic oxidation sites excluding steroid dienone is 1. The fourth-order valence-electron chi connectivity index (χ4n) is 3.39. The predicted molar refractivity (Wildman–Crippen MR) is 125 cm³/mol. The van der Waals surface area contributed by atoms with Crippen molar-refractivity contribution in [3.8, 4) is 0 Å². The fraction of sp³-hybridized carbons (Fsp3) is 0.125. The van der Waals surface area contributed by atoms with E-state index < -0.39 is 6.23 Å². The average Bonchev–Trinajstić information content (AvgIpc) is 3.43. The highest BCUT2D eigenvalue weighted by Gasteiger charge is 2.10. The molecule has 0 aliphatic heterocycles. The van der Waals surface area contributed by atoms with Gasteiger partial charge >= 0.3 is 0 Å². The third-order valence-electron chi connectivity index (χ3n) is 4.99. The van der Waals surface area contributed by atoms with Gasteiger partial charge in [-0.05, 0) is 23.3 Å². The Labute approximate surface area is 180 Å². The molecule has 0 bridgehead atoms. The monoisotopic (exact) mass is 412 g/mol. The number of nitrogens with two attached hydrogens (primary N) is 1. The average molecular weight is 412 g/mol. The minimum absolute atomic E-state index is 0.639. The van der Waals surface area contributed by atoms with E-state index in [2.05, 4.69) is 20.1 Å². The molecule has 0 radical (unpaired) electrons. The standard InChI is InChI=1S/C24H24N6O/c1-26-11-19(10-25)18-7-8-23-22(9-18)20(12-27-23)13-28-24(31)21-14-29-30(16-21)15-17-5-3-2-4-6-17/h2-14,16,24,27,31H,15,25H2,1H3. The van der Waals surface area contributed by atoms with E-state index in [1.807, 2.05) is 60.9 Å². The van der Waals surface area contributed by atoms with E-state index in [1.165, 1.54) is 6.20 Å². The molecule has 4 rings (SSSR count). The number of fused-ring (bicyclic) bond motifs is 1. The Morgan fingerprint density at radius 3 is 2.87 bits per heavy atom. The van der Waals surface area contributed by atoms with Crippen LogP contribution < -0.4 is 5.73 Å². The van der Waals surface area contributed by atoms with Gasteiger partial charge < -0.3 is 15.8 Å². The number of aromatic amines is 1. The summed E-state index contributed by atoms with van der Waals surface area (Å²) in [6.07, 6.45) is 9.24. The van der Waals surface area contributed by atoms with Crippen LogP contribution in [0.2, 0.25) is 0 Å². The lowest BCUT2D eigenvalue weighted by Gasteiger charge is -2.03. The minimum atomic E-state index is -0.996. The van der Waals surface area contributed by atoms with E-state index in [0.717, 1.165) is 33.2 Å². The number of hydrogen-bond donors (Lipinski definition) is 3. The molecule has 0 aliphatic rings. The Bertz CT molecular complexity index is 1250. The summed E-state index contributed by atoms with van der Waals surface area (Å²) in [5.74, 6) is 0. The largest absolute Gasteiger partial charge is 0.404 e. The Hall–Kier alpha value is -3.97. The van der Waals surface area contributed by atoms with Crippen LogP contribution in [-0.4, -0.2) is 39.3 Å². The molecule has 0 aliphatic carbocycles. The molecule has 4 aromatic rings. The smallest absolute Gasteiger partial charge is 0.174 e. The van der Waals surface area contributed by atoms with Crippen molar-refractivity contribution in [1.29, 1.82) is 0 Å². The van der Waals surface area contributed by atoms with Crippen LogP contribution in [0.15, 0.2) is 83.3 Å². The molecule has 0 spiro atoms. The highest BCUT2D eigenvalue weighted by atomic mass is 16.3. The number of H-pyrrole nitrogens is 1. The molecular weight excluding hydrogens is 388 g/mol. The Balaban J connectivity index is 1.53. The molecule has 156 valence electrons. The molecule has 1 atom stereocenters. The quantitative estimate of drug-likeness (QED) is 0.405. The van der Waals surface area contributed by atoms with Crippen molar-refractivity contribution < 1.29 is 5.11 Å². The zero-order valence-corrected chi connectivity index (χ0v) is 17.2. The molecule has 0 fully saturated rings. The maximum atomic E-state index is 10.5. The van der Waals surface area contributed by atoms with Gasteiger partial charge in [0, 0.05) is 65.7 Å². The van der Waals surface area contributed by atoms with Crippen molar-refractivity contribution in [2.24, 2.45) is 15.7 Å². The Kier molecular flexibility index (Phi) is 6.05. The first kappa shape index (κ1) is 20.3. The van der Waals surface area contributed by atoms with Crippen LogP contribution >= 0.6 is 0 Å². The van der Waals surface area contributed by atoms with Gasteiger partial charge in [-0.2, -0.15) is 5.10 Å². The number of rotatable bonds is 7. The number of nitrogens with one attached hydrogen (secondary N) is 1. The normalized spacial score (nSPS) is 13.5.